The summed E-state index contributed by atoms with van der Waals surface area (Å²) in [7, 11) is 0. The van der Waals surface area contributed by atoms with Crippen molar-refractivity contribution in [3.05, 3.63) is 39.9 Å². The average Bonchev–Trinajstić information content (AvgIpc) is 2.86. The lowest BCUT2D eigenvalue weighted by atomic mass is 10.1. The number of aromatic carboxylic acids is 1. The van der Waals surface area contributed by atoms with Crippen LogP contribution in [0.1, 0.15) is 28.6 Å². The highest BCUT2D eigenvalue weighted by molar-refractivity contribution is 7.21. The van der Waals surface area contributed by atoms with E-state index in [1.165, 1.54) is 16.9 Å². The van der Waals surface area contributed by atoms with Gasteiger partial charge in [-0.3, -0.25) is 0 Å². The fraction of sp³-hybridized carbons (Fsp3) is 0.200. The van der Waals surface area contributed by atoms with Crippen LogP contribution in [0.2, 0.25) is 5.15 Å². The quantitative estimate of drug-likeness (QED) is 0.710. The van der Waals surface area contributed by atoms with Crippen molar-refractivity contribution in [2.45, 2.75) is 19.8 Å². The molecule has 0 unspecified atom stereocenters. The van der Waals surface area contributed by atoms with Crippen LogP contribution in [0.15, 0.2) is 24.3 Å². The second-order valence-corrected chi connectivity index (χ2v) is 6.07. The summed E-state index contributed by atoms with van der Waals surface area (Å²) in [6.45, 7) is 2.13. The Labute approximate surface area is 124 Å². The maximum atomic E-state index is 11.1. The number of aryl methyl sites for hydroxylation is 1. The van der Waals surface area contributed by atoms with E-state index >= 15 is 0 Å². The third-order valence-electron chi connectivity index (χ3n) is 3.23. The topological polar surface area (TPSA) is 50.2 Å². The van der Waals surface area contributed by atoms with E-state index in [0.29, 0.717) is 5.15 Å². The lowest BCUT2D eigenvalue weighted by Gasteiger charge is -2.04. The summed E-state index contributed by atoms with van der Waals surface area (Å²) >= 11 is 7.41. The minimum absolute atomic E-state index is 0.289. The number of carboxylic acid groups (broad SMARTS) is 1. The number of fused-ring (bicyclic) bond motifs is 3. The summed E-state index contributed by atoms with van der Waals surface area (Å²) in [5, 5.41) is 11.2. The summed E-state index contributed by atoms with van der Waals surface area (Å²) in [6, 6.07) is 7.69. The van der Waals surface area contributed by atoms with Gasteiger partial charge in [-0.15, -0.1) is 11.3 Å². The molecule has 0 amide bonds. The van der Waals surface area contributed by atoms with Crippen LogP contribution < -0.4 is 0 Å². The van der Waals surface area contributed by atoms with Crippen molar-refractivity contribution in [1.82, 2.24) is 4.98 Å². The molecule has 20 heavy (non-hydrogen) atoms. The molecule has 0 spiro atoms. The van der Waals surface area contributed by atoms with Crippen LogP contribution in [0, 0.1) is 0 Å². The van der Waals surface area contributed by atoms with E-state index < -0.39 is 5.97 Å². The second-order valence-electron chi connectivity index (χ2n) is 4.66. The first-order valence-corrected chi connectivity index (χ1v) is 7.54. The molecule has 0 aliphatic heterocycles. The van der Waals surface area contributed by atoms with Gasteiger partial charge in [0.15, 0.2) is 0 Å². The molecule has 0 aliphatic rings. The minimum atomic E-state index is -0.930. The predicted octanol–water partition coefficient (Wildman–Crippen LogP) is 4.75. The number of thiophene rings is 1. The largest absolute Gasteiger partial charge is 0.477 e. The van der Waals surface area contributed by atoms with Gasteiger partial charge in [0.2, 0.25) is 0 Å². The summed E-state index contributed by atoms with van der Waals surface area (Å²) < 4.78 is 0.898. The van der Waals surface area contributed by atoms with Crippen molar-refractivity contribution in [1.29, 1.82) is 0 Å². The van der Waals surface area contributed by atoms with E-state index in [9.17, 15) is 4.79 Å². The molecule has 3 aromatic rings. The van der Waals surface area contributed by atoms with Gasteiger partial charge in [0.25, 0.3) is 0 Å². The molecular weight excluding hydrogens is 294 g/mol. The molecule has 2 heterocycles. The number of carboxylic acids is 1. The average molecular weight is 306 g/mol. The van der Waals surface area contributed by atoms with E-state index in [2.05, 4.69) is 18.0 Å². The van der Waals surface area contributed by atoms with Crippen LogP contribution in [0.3, 0.4) is 0 Å². The first-order valence-electron chi connectivity index (χ1n) is 6.35. The van der Waals surface area contributed by atoms with E-state index in [-0.39, 0.29) is 4.88 Å². The normalized spacial score (nSPS) is 11.3. The second kappa shape index (κ2) is 5.04. The first-order chi connectivity index (χ1) is 9.60. The van der Waals surface area contributed by atoms with Crippen molar-refractivity contribution in [3.63, 3.8) is 0 Å². The molecule has 1 N–H and O–H groups in total. The Kier molecular flexibility index (Phi) is 3.36. The number of pyridine rings is 1. The SMILES string of the molecule is CCCc1ccc2nc(Cl)c3cc(C(=O)O)sc3c2c1. The van der Waals surface area contributed by atoms with Gasteiger partial charge in [-0.2, -0.15) is 0 Å². The molecule has 102 valence electrons. The molecule has 2 aromatic heterocycles. The maximum absolute atomic E-state index is 11.1. The number of aromatic nitrogens is 1. The van der Waals surface area contributed by atoms with Crippen LogP contribution in [-0.2, 0) is 6.42 Å². The molecule has 0 bridgehead atoms. The van der Waals surface area contributed by atoms with Crippen molar-refractivity contribution in [2.75, 3.05) is 0 Å². The molecule has 1 aromatic carbocycles. The predicted molar refractivity (Wildman–Crippen MR) is 83.1 cm³/mol. The summed E-state index contributed by atoms with van der Waals surface area (Å²) in [5.41, 5.74) is 2.04. The smallest absolute Gasteiger partial charge is 0.345 e. The molecule has 3 rings (SSSR count). The molecule has 5 heteroatoms. The van der Waals surface area contributed by atoms with Crippen LogP contribution >= 0.6 is 22.9 Å². The Hall–Kier alpha value is -1.65. The zero-order valence-electron chi connectivity index (χ0n) is 10.8. The van der Waals surface area contributed by atoms with Gasteiger partial charge >= 0.3 is 5.97 Å². The minimum Gasteiger partial charge on any atom is -0.477 e. The number of hydrogen-bond donors (Lipinski definition) is 1. The van der Waals surface area contributed by atoms with Crippen LogP contribution in [-0.4, -0.2) is 16.1 Å². The van der Waals surface area contributed by atoms with Crippen molar-refractivity contribution in [3.8, 4) is 0 Å². The molecule has 0 fully saturated rings. The maximum Gasteiger partial charge on any atom is 0.345 e. The Balaban J connectivity index is 2.35. The molecule has 0 saturated carbocycles. The number of nitrogens with zero attached hydrogens (tertiary/aromatic N) is 1. The molecule has 0 saturated heterocycles. The zero-order valence-corrected chi connectivity index (χ0v) is 12.4. The van der Waals surface area contributed by atoms with Gasteiger partial charge < -0.3 is 5.11 Å². The number of hydrogen-bond acceptors (Lipinski definition) is 3. The third-order valence-corrected chi connectivity index (χ3v) is 4.67. The standard InChI is InChI=1S/C15H12ClNO2S/c1-2-3-8-4-5-11-9(6-8)13-10(14(16)17-11)7-12(20-13)15(18)19/h4-7H,2-3H2,1H3,(H,18,19). The summed E-state index contributed by atoms with van der Waals surface area (Å²) in [4.78, 5) is 15.8. The lowest BCUT2D eigenvalue weighted by molar-refractivity contribution is 0.0702. The highest BCUT2D eigenvalue weighted by Crippen LogP contribution is 2.36. The van der Waals surface area contributed by atoms with Crippen molar-refractivity contribution in [2.24, 2.45) is 0 Å². The van der Waals surface area contributed by atoms with Crippen LogP contribution in [0.4, 0.5) is 0 Å². The molecule has 3 nitrogen and oxygen atoms in total. The Morgan fingerprint density at radius 3 is 2.85 bits per heavy atom. The number of benzene rings is 1. The number of halogens is 1. The van der Waals surface area contributed by atoms with Crippen molar-refractivity contribution < 1.29 is 9.90 Å². The van der Waals surface area contributed by atoms with Gasteiger partial charge in [-0.1, -0.05) is 31.0 Å². The van der Waals surface area contributed by atoms with Gasteiger partial charge in [-0.05, 0) is 30.2 Å². The fourth-order valence-corrected chi connectivity index (χ4v) is 3.64. The Morgan fingerprint density at radius 1 is 1.35 bits per heavy atom. The van der Waals surface area contributed by atoms with E-state index in [1.54, 1.807) is 6.07 Å². The summed E-state index contributed by atoms with van der Waals surface area (Å²) in [6.07, 6.45) is 2.07. The molecular formula is C15H12ClNO2S. The lowest BCUT2D eigenvalue weighted by Crippen LogP contribution is -1.89. The first kappa shape index (κ1) is 13.3. The fourth-order valence-electron chi connectivity index (χ4n) is 2.32. The van der Waals surface area contributed by atoms with Crippen molar-refractivity contribution >= 4 is 49.9 Å². The van der Waals surface area contributed by atoms with Crippen LogP contribution in [0.5, 0.6) is 0 Å². The van der Waals surface area contributed by atoms with Gasteiger partial charge in [-0.25, -0.2) is 9.78 Å². The third kappa shape index (κ3) is 2.15. The number of carbonyl (C=O) groups is 1. The number of rotatable bonds is 3. The highest BCUT2D eigenvalue weighted by Gasteiger charge is 2.14. The zero-order chi connectivity index (χ0) is 14.3. The van der Waals surface area contributed by atoms with Gasteiger partial charge in [0, 0.05) is 15.5 Å². The molecule has 0 aliphatic carbocycles. The Bertz CT molecular complexity index is 825. The molecule has 0 radical (unpaired) electrons. The van der Waals surface area contributed by atoms with Gasteiger partial charge in [0.05, 0.1) is 5.52 Å². The van der Waals surface area contributed by atoms with Crippen LogP contribution in [0.25, 0.3) is 21.0 Å². The van der Waals surface area contributed by atoms with E-state index in [0.717, 1.165) is 33.8 Å². The van der Waals surface area contributed by atoms with E-state index in [4.69, 9.17) is 16.7 Å². The molecule has 0 atom stereocenters. The highest BCUT2D eigenvalue weighted by atomic mass is 35.5. The Morgan fingerprint density at radius 2 is 2.15 bits per heavy atom. The van der Waals surface area contributed by atoms with Gasteiger partial charge in [0.1, 0.15) is 10.0 Å². The van der Waals surface area contributed by atoms with E-state index in [1.807, 2.05) is 12.1 Å². The summed E-state index contributed by atoms with van der Waals surface area (Å²) in [5.74, 6) is -0.930. The monoisotopic (exact) mass is 305 g/mol.